The van der Waals surface area contributed by atoms with E-state index in [1.165, 1.54) is 0 Å². The molecular formula is C25H22ClN3O3S. The molecule has 1 atom stereocenters. The standard InChI is InChI=1S/C25H22ClN3O3S/c26-14-8-13-9-20(23-17-12-27-6-3-18(17)29-32-23)31-22(13)16(10-14)15-2-7-28-19-11-21(33-24(15)19)25(30)4-1-5-25/h2,7-8,10-11,20,27,30H,1,3-6,9,12H2. The Morgan fingerprint density at radius 2 is 2.12 bits per heavy atom. The molecular weight excluding hydrogens is 458 g/mol. The lowest BCUT2D eigenvalue weighted by atomic mass is 9.79. The normalized spacial score (nSPS) is 20.8. The highest BCUT2D eigenvalue weighted by atomic mass is 35.5. The molecule has 8 heteroatoms. The number of nitrogens with zero attached hydrogens (tertiary/aromatic N) is 2. The third kappa shape index (κ3) is 3.06. The molecule has 1 aliphatic carbocycles. The Kier molecular flexibility index (Phi) is 4.40. The number of thiophene rings is 1. The Bertz CT molecular complexity index is 1410. The minimum absolute atomic E-state index is 0.222. The number of benzene rings is 1. The van der Waals surface area contributed by atoms with Gasteiger partial charge in [0.05, 0.1) is 21.5 Å². The van der Waals surface area contributed by atoms with E-state index in [9.17, 15) is 5.11 Å². The van der Waals surface area contributed by atoms with Gasteiger partial charge in [0.25, 0.3) is 0 Å². The van der Waals surface area contributed by atoms with Crippen LogP contribution in [0.25, 0.3) is 21.3 Å². The van der Waals surface area contributed by atoms with Gasteiger partial charge in [-0.15, -0.1) is 11.3 Å². The second-order valence-corrected chi connectivity index (χ2v) is 10.7. The number of rotatable bonds is 3. The molecule has 0 spiro atoms. The van der Waals surface area contributed by atoms with Crippen molar-refractivity contribution in [2.45, 2.75) is 50.4 Å². The number of nitrogens with one attached hydrogen (secondary N) is 1. The number of halogens is 1. The van der Waals surface area contributed by atoms with E-state index in [1.54, 1.807) is 11.3 Å². The van der Waals surface area contributed by atoms with E-state index in [0.29, 0.717) is 11.4 Å². The summed E-state index contributed by atoms with van der Waals surface area (Å²) < 4.78 is 13.3. The first-order valence-corrected chi connectivity index (χ1v) is 12.6. The lowest BCUT2D eigenvalue weighted by molar-refractivity contribution is -0.0353. The number of ether oxygens (including phenoxy) is 1. The van der Waals surface area contributed by atoms with Crippen LogP contribution >= 0.6 is 22.9 Å². The van der Waals surface area contributed by atoms with Gasteiger partial charge >= 0.3 is 0 Å². The average Bonchev–Trinajstić information content (AvgIpc) is 3.52. The highest BCUT2D eigenvalue weighted by molar-refractivity contribution is 7.19. The molecule has 5 heterocycles. The SMILES string of the molecule is OC1(c2cc3nccc(-c4cc(Cl)cc5c4OC(c4onc6c4CNCC6)C5)c3s2)CCC1. The Hall–Kier alpha value is -2.45. The van der Waals surface area contributed by atoms with Crippen molar-refractivity contribution in [2.24, 2.45) is 0 Å². The van der Waals surface area contributed by atoms with Crippen molar-refractivity contribution in [3.8, 4) is 16.9 Å². The van der Waals surface area contributed by atoms with Gasteiger partial charge in [0.15, 0.2) is 11.9 Å². The van der Waals surface area contributed by atoms with Crippen LogP contribution in [-0.4, -0.2) is 21.8 Å². The predicted octanol–water partition coefficient (Wildman–Crippen LogP) is 5.30. The highest BCUT2D eigenvalue weighted by Gasteiger charge is 2.38. The van der Waals surface area contributed by atoms with Crippen molar-refractivity contribution in [1.82, 2.24) is 15.5 Å². The molecule has 3 aliphatic rings. The fraction of sp³-hybridized carbons (Fsp3) is 0.360. The van der Waals surface area contributed by atoms with Gasteiger partial charge in [-0.1, -0.05) is 16.8 Å². The summed E-state index contributed by atoms with van der Waals surface area (Å²) in [5.74, 6) is 1.64. The molecule has 33 heavy (non-hydrogen) atoms. The number of aromatic nitrogens is 2. The highest BCUT2D eigenvalue weighted by Crippen LogP contribution is 2.50. The molecule has 3 aromatic heterocycles. The van der Waals surface area contributed by atoms with E-state index in [0.717, 1.165) is 93.3 Å². The van der Waals surface area contributed by atoms with Crippen LogP contribution in [0.5, 0.6) is 5.75 Å². The van der Waals surface area contributed by atoms with E-state index in [1.807, 2.05) is 30.5 Å². The van der Waals surface area contributed by atoms with Crippen LogP contribution < -0.4 is 10.1 Å². The topological polar surface area (TPSA) is 80.4 Å². The molecule has 4 aromatic rings. The van der Waals surface area contributed by atoms with Crippen LogP contribution in [0.15, 0.2) is 35.0 Å². The van der Waals surface area contributed by atoms with Gasteiger partial charge in [-0.25, -0.2) is 0 Å². The van der Waals surface area contributed by atoms with Crippen molar-refractivity contribution in [1.29, 1.82) is 0 Å². The van der Waals surface area contributed by atoms with E-state index in [-0.39, 0.29) is 6.10 Å². The number of hydrogen-bond acceptors (Lipinski definition) is 7. The van der Waals surface area contributed by atoms with Crippen LogP contribution in [-0.2, 0) is 25.0 Å². The number of fused-ring (bicyclic) bond motifs is 3. The minimum Gasteiger partial charge on any atom is -0.481 e. The predicted molar refractivity (Wildman–Crippen MR) is 127 cm³/mol. The van der Waals surface area contributed by atoms with E-state index in [4.69, 9.17) is 20.9 Å². The van der Waals surface area contributed by atoms with Crippen LogP contribution in [0, 0.1) is 0 Å². The first-order valence-electron chi connectivity index (χ1n) is 11.4. The van der Waals surface area contributed by atoms with Crippen molar-refractivity contribution >= 4 is 33.2 Å². The van der Waals surface area contributed by atoms with E-state index in [2.05, 4.69) is 15.5 Å². The van der Waals surface area contributed by atoms with Gasteiger partial charge in [-0.3, -0.25) is 4.98 Å². The molecule has 1 saturated carbocycles. The van der Waals surface area contributed by atoms with Crippen molar-refractivity contribution in [2.75, 3.05) is 6.54 Å². The summed E-state index contributed by atoms with van der Waals surface area (Å²) in [6, 6.07) is 7.99. The van der Waals surface area contributed by atoms with Gasteiger partial charge in [0, 0.05) is 64.3 Å². The Labute approximate surface area is 199 Å². The van der Waals surface area contributed by atoms with Crippen molar-refractivity contribution in [3.05, 3.63) is 62.9 Å². The second kappa shape index (κ2) is 7.27. The molecule has 0 radical (unpaired) electrons. The Morgan fingerprint density at radius 1 is 1.21 bits per heavy atom. The molecule has 2 N–H and O–H groups in total. The largest absolute Gasteiger partial charge is 0.481 e. The smallest absolute Gasteiger partial charge is 0.182 e. The molecule has 6 nitrogen and oxygen atoms in total. The maximum atomic E-state index is 10.9. The third-order valence-corrected chi connectivity index (χ3v) is 8.74. The minimum atomic E-state index is -0.708. The Balaban J connectivity index is 1.32. The third-order valence-electron chi connectivity index (χ3n) is 7.17. The zero-order chi connectivity index (χ0) is 22.2. The first-order chi connectivity index (χ1) is 16.1. The average molecular weight is 480 g/mol. The lowest BCUT2D eigenvalue weighted by Gasteiger charge is -2.35. The second-order valence-electron chi connectivity index (χ2n) is 9.22. The van der Waals surface area contributed by atoms with Gasteiger partial charge < -0.3 is 19.7 Å². The number of hydrogen-bond donors (Lipinski definition) is 2. The van der Waals surface area contributed by atoms with E-state index >= 15 is 0 Å². The molecule has 7 rings (SSSR count). The van der Waals surface area contributed by atoms with Crippen LogP contribution in [0.3, 0.4) is 0 Å². The molecule has 0 amide bonds. The quantitative estimate of drug-likeness (QED) is 0.415. The van der Waals surface area contributed by atoms with Crippen molar-refractivity contribution < 1.29 is 14.4 Å². The number of pyridine rings is 1. The summed E-state index contributed by atoms with van der Waals surface area (Å²) in [5.41, 5.74) is 5.38. The van der Waals surface area contributed by atoms with Gasteiger partial charge in [0.2, 0.25) is 0 Å². The lowest BCUT2D eigenvalue weighted by Crippen LogP contribution is -2.32. The summed E-state index contributed by atoms with van der Waals surface area (Å²) in [6.07, 6.45) is 5.83. The zero-order valence-corrected chi connectivity index (χ0v) is 19.4. The summed E-state index contributed by atoms with van der Waals surface area (Å²) in [5, 5.41) is 19.3. The molecule has 1 unspecified atom stereocenters. The molecule has 2 aliphatic heterocycles. The van der Waals surface area contributed by atoms with Crippen LogP contribution in [0.2, 0.25) is 5.02 Å². The molecule has 1 fully saturated rings. The molecule has 0 bridgehead atoms. The first kappa shape index (κ1) is 20.0. The molecule has 0 saturated heterocycles. The fourth-order valence-electron chi connectivity index (χ4n) is 5.22. The van der Waals surface area contributed by atoms with Gasteiger partial charge in [-0.05, 0) is 43.5 Å². The summed E-state index contributed by atoms with van der Waals surface area (Å²) >= 11 is 8.20. The maximum Gasteiger partial charge on any atom is 0.182 e. The summed E-state index contributed by atoms with van der Waals surface area (Å²) in [4.78, 5) is 5.56. The number of aliphatic hydroxyl groups is 1. The fourth-order valence-corrected chi connectivity index (χ4v) is 6.75. The van der Waals surface area contributed by atoms with Crippen LogP contribution in [0.4, 0.5) is 0 Å². The molecule has 1 aromatic carbocycles. The summed E-state index contributed by atoms with van der Waals surface area (Å²) in [6.45, 7) is 1.67. The summed E-state index contributed by atoms with van der Waals surface area (Å²) in [7, 11) is 0. The molecule has 168 valence electrons. The maximum absolute atomic E-state index is 10.9. The van der Waals surface area contributed by atoms with Crippen LogP contribution in [0.1, 0.15) is 52.8 Å². The zero-order valence-electron chi connectivity index (χ0n) is 17.9. The van der Waals surface area contributed by atoms with E-state index < -0.39 is 5.60 Å². The Morgan fingerprint density at radius 3 is 2.97 bits per heavy atom. The monoisotopic (exact) mass is 479 g/mol. The van der Waals surface area contributed by atoms with Crippen molar-refractivity contribution in [3.63, 3.8) is 0 Å². The van der Waals surface area contributed by atoms with Gasteiger partial charge in [0.1, 0.15) is 5.75 Å². The van der Waals surface area contributed by atoms with Gasteiger partial charge in [-0.2, -0.15) is 0 Å².